The highest BCUT2D eigenvalue weighted by atomic mass is 79.9. The number of carbonyl (C=O) groups excluding carboxylic acids is 1. The first-order valence-electron chi connectivity index (χ1n) is 7.67. The maximum absolute atomic E-state index is 12.8. The average Bonchev–Trinajstić information content (AvgIpc) is 2.56. The van der Waals surface area contributed by atoms with E-state index in [0.29, 0.717) is 13.1 Å². The molecule has 0 atom stereocenters. The lowest BCUT2D eigenvalue weighted by atomic mass is 9.94. The molecule has 2 aromatic rings. The number of rotatable bonds is 2. The minimum absolute atomic E-state index is 0.138. The molecule has 0 bridgehead atoms. The second-order valence-corrected chi connectivity index (χ2v) is 7.78. The van der Waals surface area contributed by atoms with Crippen LogP contribution in [0, 0.1) is 0 Å². The Balaban J connectivity index is 1.90. The van der Waals surface area contributed by atoms with Gasteiger partial charge in [-0.1, -0.05) is 56.1 Å². The van der Waals surface area contributed by atoms with E-state index in [1.54, 1.807) is 0 Å². The van der Waals surface area contributed by atoms with Crippen molar-refractivity contribution < 1.29 is 4.79 Å². The van der Waals surface area contributed by atoms with E-state index in [0.717, 1.165) is 31.2 Å². The molecule has 1 heterocycles. The molecule has 0 N–H and O–H groups in total. The van der Waals surface area contributed by atoms with Gasteiger partial charge in [0.15, 0.2) is 5.78 Å². The van der Waals surface area contributed by atoms with E-state index in [1.807, 2.05) is 67.7 Å². The highest BCUT2D eigenvalue weighted by Crippen LogP contribution is 2.22. The maximum Gasteiger partial charge on any atom is 0.187 e. The number of hydrogen-bond acceptors (Lipinski definition) is 2. The van der Waals surface area contributed by atoms with Crippen molar-refractivity contribution in [3.63, 3.8) is 0 Å². The number of hydrogen-bond donors (Lipinski definition) is 0. The summed E-state index contributed by atoms with van der Waals surface area (Å²) >= 11 is 6.87. The molecular weight excluding hydrogens is 430 g/mol. The summed E-state index contributed by atoms with van der Waals surface area (Å²) in [6.45, 7) is 1.35. The zero-order chi connectivity index (χ0) is 17.1. The normalized spacial score (nSPS) is 19.2. The number of likely N-dealkylation sites (tertiary alicyclic amines) is 1. The Hall–Kier alpha value is -1.49. The summed E-state index contributed by atoms with van der Waals surface area (Å²) < 4.78 is 2.07. The number of piperidine rings is 1. The fourth-order valence-corrected chi connectivity index (χ4v) is 3.26. The first kappa shape index (κ1) is 17.3. The number of halogens is 2. The van der Waals surface area contributed by atoms with Gasteiger partial charge in [0.2, 0.25) is 0 Å². The second kappa shape index (κ2) is 7.60. The minimum atomic E-state index is 0.138. The van der Waals surface area contributed by atoms with Crippen molar-refractivity contribution in [2.45, 2.75) is 0 Å². The molecule has 0 amide bonds. The average molecular weight is 447 g/mol. The fraction of sp³-hybridized carbons (Fsp3) is 0.150. The molecule has 2 nitrogen and oxygen atoms in total. The van der Waals surface area contributed by atoms with Gasteiger partial charge < -0.3 is 0 Å². The molecule has 0 spiro atoms. The zero-order valence-electron chi connectivity index (χ0n) is 13.3. The molecular formula is C20H17Br2NO. The Bertz CT molecular complexity index is 737. The number of nitrogens with zero attached hydrogens (tertiary/aromatic N) is 1. The van der Waals surface area contributed by atoms with Crippen molar-refractivity contribution in [3.8, 4) is 0 Å². The van der Waals surface area contributed by atoms with Crippen molar-refractivity contribution in [2.24, 2.45) is 0 Å². The van der Waals surface area contributed by atoms with Crippen molar-refractivity contribution >= 4 is 49.8 Å². The summed E-state index contributed by atoms with van der Waals surface area (Å²) in [4.78, 5) is 15.0. The topological polar surface area (TPSA) is 20.3 Å². The van der Waals surface area contributed by atoms with Crippen LogP contribution in [0.3, 0.4) is 0 Å². The van der Waals surface area contributed by atoms with Crippen molar-refractivity contribution in [1.29, 1.82) is 0 Å². The zero-order valence-corrected chi connectivity index (χ0v) is 16.5. The fourth-order valence-electron chi connectivity index (χ4n) is 2.73. The monoisotopic (exact) mass is 445 g/mol. The molecule has 24 heavy (non-hydrogen) atoms. The van der Waals surface area contributed by atoms with Gasteiger partial charge in [-0.15, -0.1) is 0 Å². The number of likely N-dealkylation sites (N-methyl/N-ethyl adjacent to an activating group) is 1. The first-order valence-corrected chi connectivity index (χ1v) is 9.25. The summed E-state index contributed by atoms with van der Waals surface area (Å²) in [7, 11) is 2.04. The molecule has 4 heteroatoms. The maximum atomic E-state index is 12.8. The lowest BCUT2D eigenvalue weighted by Gasteiger charge is -2.26. The van der Waals surface area contributed by atoms with Gasteiger partial charge in [-0.2, -0.15) is 0 Å². The van der Waals surface area contributed by atoms with Gasteiger partial charge in [-0.05, 0) is 54.6 Å². The molecule has 122 valence electrons. The molecule has 0 radical (unpaired) electrons. The minimum Gasteiger partial charge on any atom is -0.298 e. The van der Waals surface area contributed by atoms with E-state index in [2.05, 4.69) is 36.8 Å². The van der Waals surface area contributed by atoms with E-state index < -0.39 is 0 Å². The third-order valence-corrected chi connectivity index (χ3v) is 4.94. The van der Waals surface area contributed by atoms with Crippen molar-refractivity contribution in [1.82, 2.24) is 4.90 Å². The third kappa shape index (κ3) is 4.32. The summed E-state index contributed by atoms with van der Waals surface area (Å²) in [5, 5.41) is 0. The van der Waals surface area contributed by atoms with E-state index in [1.165, 1.54) is 0 Å². The van der Waals surface area contributed by atoms with Gasteiger partial charge in [0.1, 0.15) is 0 Å². The standard InChI is InChI=1S/C20H17Br2NO/c1-23-12-16(10-14-2-6-18(21)7-3-14)20(24)17(13-23)11-15-4-8-19(22)9-5-15/h2-11H,12-13H2,1H3. The smallest absolute Gasteiger partial charge is 0.187 e. The molecule has 1 aliphatic heterocycles. The number of carbonyl (C=O) groups is 1. The Kier molecular flexibility index (Phi) is 5.49. The van der Waals surface area contributed by atoms with Crippen LogP contribution in [0.5, 0.6) is 0 Å². The molecule has 1 fully saturated rings. The lowest BCUT2D eigenvalue weighted by molar-refractivity contribution is -0.113. The number of Topliss-reactive ketones (excluding diaryl/α,β-unsaturated/α-hetero) is 1. The summed E-state index contributed by atoms with van der Waals surface area (Å²) in [5.41, 5.74) is 3.74. The Morgan fingerprint density at radius 2 is 1.17 bits per heavy atom. The van der Waals surface area contributed by atoms with Gasteiger partial charge in [0.25, 0.3) is 0 Å². The van der Waals surface area contributed by atoms with Crippen LogP contribution >= 0.6 is 31.9 Å². The largest absolute Gasteiger partial charge is 0.298 e. The van der Waals surface area contributed by atoms with Crippen LogP contribution in [0.2, 0.25) is 0 Å². The van der Waals surface area contributed by atoms with Crippen LogP contribution in [-0.2, 0) is 4.79 Å². The quantitative estimate of drug-likeness (QED) is 0.591. The molecule has 2 aromatic carbocycles. The summed E-state index contributed by atoms with van der Waals surface area (Å²) in [6.07, 6.45) is 3.97. The van der Waals surface area contributed by atoms with E-state index in [9.17, 15) is 4.79 Å². The van der Waals surface area contributed by atoms with Gasteiger partial charge in [0, 0.05) is 33.2 Å². The van der Waals surface area contributed by atoms with Gasteiger partial charge in [-0.25, -0.2) is 0 Å². The van der Waals surface area contributed by atoms with E-state index >= 15 is 0 Å². The predicted octanol–water partition coefficient (Wildman–Crippen LogP) is 5.19. The van der Waals surface area contributed by atoms with Gasteiger partial charge in [0.05, 0.1) is 0 Å². The Morgan fingerprint density at radius 3 is 1.54 bits per heavy atom. The first-order chi connectivity index (χ1) is 11.5. The summed E-state index contributed by atoms with van der Waals surface area (Å²) in [6, 6.07) is 16.0. The van der Waals surface area contributed by atoms with Crippen LogP contribution < -0.4 is 0 Å². The van der Waals surface area contributed by atoms with E-state index in [4.69, 9.17) is 0 Å². The number of ketones is 1. The van der Waals surface area contributed by atoms with Crippen LogP contribution in [0.1, 0.15) is 11.1 Å². The van der Waals surface area contributed by atoms with Crippen LogP contribution in [0.4, 0.5) is 0 Å². The molecule has 0 aromatic heterocycles. The Labute approximate surface area is 159 Å². The summed E-state index contributed by atoms with van der Waals surface area (Å²) in [5.74, 6) is 0.138. The molecule has 1 aliphatic rings. The Morgan fingerprint density at radius 1 is 0.792 bits per heavy atom. The van der Waals surface area contributed by atoms with Gasteiger partial charge in [-0.3, -0.25) is 9.69 Å². The third-order valence-electron chi connectivity index (χ3n) is 3.89. The highest BCUT2D eigenvalue weighted by molar-refractivity contribution is 9.10. The van der Waals surface area contributed by atoms with Crippen LogP contribution in [0.25, 0.3) is 12.2 Å². The molecule has 1 saturated heterocycles. The SMILES string of the molecule is CN1CC(=Cc2ccc(Br)cc2)C(=O)C(=Cc2ccc(Br)cc2)C1. The molecule has 0 aliphatic carbocycles. The molecule has 0 unspecified atom stereocenters. The van der Waals surface area contributed by atoms with Crippen LogP contribution in [-0.4, -0.2) is 30.8 Å². The number of benzene rings is 2. The predicted molar refractivity (Wildman–Crippen MR) is 107 cm³/mol. The highest BCUT2D eigenvalue weighted by Gasteiger charge is 2.23. The second-order valence-electron chi connectivity index (χ2n) is 5.94. The van der Waals surface area contributed by atoms with E-state index in [-0.39, 0.29) is 5.78 Å². The van der Waals surface area contributed by atoms with Crippen molar-refractivity contribution in [3.05, 3.63) is 79.7 Å². The molecule has 0 saturated carbocycles. The molecule has 3 rings (SSSR count). The van der Waals surface area contributed by atoms with Crippen molar-refractivity contribution in [2.75, 3.05) is 20.1 Å². The van der Waals surface area contributed by atoms with Gasteiger partial charge >= 0.3 is 0 Å². The lowest BCUT2D eigenvalue weighted by Crippen LogP contribution is -2.34. The van der Waals surface area contributed by atoms with Crippen LogP contribution in [0.15, 0.2) is 68.6 Å².